The van der Waals surface area contributed by atoms with Gasteiger partial charge in [-0.3, -0.25) is 9.59 Å². The molecule has 2 aromatic carbocycles. The number of hydrogen-bond donors (Lipinski definition) is 2. The van der Waals surface area contributed by atoms with Gasteiger partial charge in [0.15, 0.2) is 6.10 Å². The number of carbonyl (C=O) groups is 3. The third-order valence-corrected chi connectivity index (χ3v) is 4.22. The van der Waals surface area contributed by atoms with E-state index < -0.39 is 23.9 Å². The zero-order valence-electron chi connectivity index (χ0n) is 16.8. The molecular weight excluding hydrogens is 370 g/mol. The van der Waals surface area contributed by atoms with E-state index in [1.807, 2.05) is 32.9 Å². The maximum atomic E-state index is 12.4. The number of nitrogens with zero attached hydrogens (tertiary/aromatic N) is 1. The summed E-state index contributed by atoms with van der Waals surface area (Å²) >= 11 is 0. The van der Waals surface area contributed by atoms with Crippen molar-refractivity contribution in [2.24, 2.45) is 0 Å². The fourth-order valence-corrected chi connectivity index (χ4v) is 2.85. The van der Waals surface area contributed by atoms with E-state index in [9.17, 15) is 14.4 Å². The summed E-state index contributed by atoms with van der Waals surface area (Å²) in [5, 5.41) is 13.8. The molecule has 0 aliphatic carbocycles. The van der Waals surface area contributed by atoms with Crippen LogP contribution in [0, 0.1) is 32.1 Å². The van der Waals surface area contributed by atoms with Crippen molar-refractivity contribution in [2.75, 3.05) is 10.6 Å². The zero-order chi connectivity index (χ0) is 21.6. The van der Waals surface area contributed by atoms with Crippen LogP contribution in [0.4, 0.5) is 11.4 Å². The Balaban J connectivity index is 1.99. The van der Waals surface area contributed by atoms with Crippen molar-refractivity contribution in [1.29, 1.82) is 5.26 Å². The summed E-state index contributed by atoms with van der Waals surface area (Å²) in [5.74, 6) is -1.51. The van der Waals surface area contributed by atoms with Crippen molar-refractivity contribution in [3.8, 4) is 6.07 Å². The predicted molar refractivity (Wildman–Crippen MR) is 109 cm³/mol. The summed E-state index contributed by atoms with van der Waals surface area (Å²) in [5.41, 5.74) is 4.38. The van der Waals surface area contributed by atoms with Gasteiger partial charge in [-0.1, -0.05) is 17.7 Å². The fraction of sp³-hybridized carbons (Fsp3) is 0.273. The second kappa shape index (κ2) is 9.51. The topological polar surface area (TPSA) is 108 Å². The molecule has 2 rings (SSSR count). The van der Waals surface area contributed by atoms with Gasteiger partial charge in [0.05, 0.1) is 11.6 Å². The van der Waals surface area contributed by atoms with Crippen LogP contribution in [0.3, 0.4) is 0 Å². The largest absolute Gasteiger partial charge is 0.449 e. The molecular formula is C22H23N3O4. The summed E-state index contributed by atoms with van der Waals surface area (Å²) in [4.78, 5) is 36.1. The Morgan fingerprint density at radius 1 is 1.03 bits per heavy atom. The lowest BCUT2D eigenvalue weighted by molar-refractivity contribution is -0.123. The maximum absolute atomic E-state index is 12.4. The van der Waals surface area contributed by atoms with Crippen molar-refractivity contribution < 1.29 is 19.1 Å². The van der Waals surface area contributed by atoms with Crippen LogP contribution in [0.5, 0.6) is 0 Å². The highest BCUT2D eigenvalue weighted by Crippen LogP contribution is 2.22. The van der Waals surface area contributed by atoms with Gasteiger partial charge in [-0.15, -0.1) is 0 Å². The predicted octanol–water partition coefficient (Wildman–Crippen LogP) is 3.65. The van der Waals surface area contributed by atoms with Gasteiger partial charge < -0.3 is 15.4 Å². The van der Waals surface area contributed by atoms with Crippen molar-refractivity contribution >= 4 is 29.2 Å². The number of hydrogen-bond acceptors (Lipinski definition) is 5. The van der Waals surface area contributed by atoms with Crippen LogP contribution in [0.15, 0.2) is 36.4 Å². The second-order valence-electron chi connectivity index (χ2n) is 6.77. The molecule has 0 aromatic heterocycles. The van der Waals surface area contributed by atoms with E-state index in [-0.39, 0.29) is 12.0 Å². The quantitative estimate of drug-likeness (QED) is 0.728. The first-order valence-corrected chi connectivity index (χ1v) is 9.08. The number of ether oxygens (including phenoxy) is 1. The van der Waals surface area contributed by atoms with Gasteiger partial charge in [-0.25, -0.2) is 4.79 Å². The zero-order valence-corrected chi connectivity index (χ0v) is 16.8. The molecule has 7 nitrogen and oxygen atoms in total. The number of esters is 1. The molecule has 2 N–H and O–H groups in total. The van der Waals surface area contributed by atoms with Crippen LogP contribution in [0.1, 0.15) is 40.4 Å². The molecule has 150 valence electrons. The minimum atomic E-state index is -0.988. The molecule has 2 amide bonds. The summed E-state index contributed by atoms with van der Waals surface area (Å²) in [6.45, 7) is 7.30. The second-order valence-corrected chi connectivity index (χ2v) is 6.77. The number of nitrogens with one attached hydrogen (secondary N) is 2. The first-order valence-electron chi connectivity index (χ1n) is 9.08. The lowest BCUT2D eigenvalue weighted by Gasteiger charge is -2.17. The van der Waals surface area contributed by atoms with Crippen molar-refractivity contribution in [1.82, 2.24) is 0 Å². The smallest absolute Gasteiger partial charge is 0.338 e. The third kappa shape index (κ3) is 5.91. The average molecular weight is 393 g/mol. The minimum Gasteiger partial charge on any atom is -0.449 e. The summed E-state index contributed by atoms with van der Waals surface area (Å²) in [6.07, 6.45) is -1.24. The standard InChI is InChI=1S/C22H23N3O4/c1-13-11-14(2)20(15(3)12-13)25-21(27)16(4)29-22(28)17-5-7-18(8-6-17)24-19(26)9-10-23/h5-8,11-12,16H,9H2,1-4H3,(H,24,26)(H,25,27)/t16-/m0/s1. The average Bonchev–Trinajstić information content (AvgIpc) is 2.65. The maximum Gasteiger partial charge on any atom is 0.338 e. The first-order chi connectivity index (χ1) is 13.7. The molecule has 1 atom stereocenters. The number of anilines is 2. The number of nitriles is 1. The summed E-state index contributed by atoms with van der Waals surface area (Å²) in [6, 6.07) is 11.7. The lowest BCUT2D eigenvalue weighted by atomic mass is 10.0. The molecule has 0 heterocycles. The molecule has 0 aliphatic heterocycles. The molecule has 0 saturated heterocycles. The summed E-state index contributed by atoms with van der Waals surface area (Å²) in [7, 11) is 0. The van der Waals surface area contributed by atoms with Crippen molar-refractivity contribution in [3.63, 3.8) is 0 Å². The monoisotopic (exact) mass is 393 g/mol. The highest BCUT2D eigenvalue weighted by Gasteiger charge is 2.20. The molecule has 2 aromatic rings. The van der Waals surface area contributed by atoms with Gasteiger partial charge >= 0.3 is 5.97 Å². The number of aryl methyl sites for hydroxylation is 3. The molecule has 0 saturated carbocycles. The van der Waals surface area contributed by atoms with Crippen LogP contribution < -0.4 is 10.6 Å². The van der Waals surface area contributed by atoms with E-state index in [0.29, 0.717) is 11.4 Å². The van der Waals surface area contributed by atoms with E-state index in [0.717, 1.165) is 16.7 Å². The Morgan fingerprint density at radius 2 is 1.62 bits per heavy atom. The molecule has 0 aliphatic rings. The summed E-state index contributed by atoms with van der Waals surface area (Å²) < 4.78 is 5.25. The fourth-order valence-electron chi connectivity index (χ4n) is 2.85. The number of carbonyl (C=O) groups excluding carboxylic acids is 3. The van der Waals surface area contributed by atoms with Gasteiger partial charge in [0.2, 0.25) is 5.91 Å². The number of rotatable bonds is 6. The molecule has 7 heteroatoms. The molecule has 0 unspecified atom stereocenters. The molecule has 0 bridgehead atoms. The van der Waals surface area contributed by atoms with Gasteiger partial charge in [0.25, 0.3) is 5.91 Å². The van der Waals surface area contributed by atoms with Gasteiger partial charge in [0, 0.05) is 11.4 Å². The van der Waals surface area contributed by atoms with Gasteiger partial charge in [-0.05, 0) is 63.1 Å². The van der Waals surface area contributed by atoms with Crippen LogP contribution in [-0.2, 0) is 14.3 Å². The van der Waals surface area contributed by atoms with E-state index in [1.165, 1.54) is 31.2 Å². The molecule has 0 radical (unpaired) electrons. The van der Waals surface area contributed by atoms with Gasteiger partial charge in [0.1, 0.15) is 6.42 Å². The Labute approximate surface area is 169 Å². The Bertz CT molecular complexity index is 952. The van der Waals surface area contributed by atoms with Gasteiger partial charge in [-0.2, -0.15) is 5.26 Å². The van der Waals surface area contributed by atoms with Crippen molar-refractivity contribution in [3.05, 3.63) is 58.7 Å². The molecule has 0 fully saturated rings. The number of benzene rings is 2. The van der Waals surface area contributed by atoms with E-state index in [4.69, 9.17) is 10.00 Å². The van der Waals surface area contributed by atoms with E-state index in [2.05, 4.69) is 10.6 Å². The molecule has 0 spiro atoms. The normalized spacial score (nSPS) is 11.1. The highest BCUT2D eigenvalue weighted by atomic mass is 16.5. The number of amides is 2. The lowest BCUT2D eigenvalue weighted by Crippen LogP contribution is -2.30. The van der Waals surface area contributed by atoms with Crippen LogP contribution in [0.25, 0.3) is 0 Å². The highest BCUT2D eigenvalue weighted by molar-refractivity contribution is 5.98. The van der Waals surface area contributed by atoms with E-state index >= 15 is 0 Å². The van der Waals surface area contributed by atoms with Crippen LogP contribution in [-0.4, -0.2) is 23.9 Å². The van der Waals surface area contributed by atoms with E-state index in [1.54, 1.807) is 6.07 Å². The van der Waals surface area contributed by atoms with Crippen LogP contribution in [0.2, 0.25) is 0 Å². The third-order valence-electron chi connectivity index (χ3n) is 4.22. The SMILES string of the molecule is Cc1cc(C)c(NC(=O)[C@H](C)OC(=O)c2ccc(NC(=O)CC#N)cc2)c(C)c1. The minimum absolute atomic E-state index is 0.241. The van der Waals surface area contributed by atoms with Crippen molar-refractivity contribution in [2.45, 2.75) is 40.2 Å². The Morgan fingerprint density at radius 3 is 2.17 bits per heavy atom. The Hall–Kier alpha value is -3.66. The molecule has 29 heavy (non-hydrogen) atoms. The van der Waals surface area contributed by atoms with Crippen LogP contribution >= 0.6 is 0 Å². The Kier molecular flexibility index (Phi) is 7.10. The first kappa shape index (κ1) is 21.6.